The Hall–Kier alpha value is -0.950. The second-order valence-electron chi connectivity index (χ2n) is 1.08. The molecule has 0 aliphatic rings. The summed E-state index contributed by atoms with van der Waals surface area (Å²) in [5.74, 6) is 0. The zero-order valence-electron chi connectivity index (χ0n) is 3.76. The van der Waals surface area contributed by atoms with E-state index in [0.29, 0.717) is 0 Å². The van der Waals surface area contributed by atoms with Gasteiger partial charge in [-0.15, -0.1) is 0 Å². The fourth-order valence-electron chi connectivity index (χ4n) is 0.306. The van der Waals surface area contributed by atoms with Crippen molar-refractivity contribution in [1.29, 1.82) is 5.26 Å². The molecule has 0 bridgehead atoms. The Kier molecular flexibility index (Phi) is 1.22. The molecule has 0 amide bonds. The monoisotopic (exact) mass is 128 g/mol. The summed E-state index contributed by atoms with van der Waals surface area (Å²) in [6, 6.07) is 1.72. The lowest BCUT2D eigenvalue weighted by molar-refractivity contribution is 0.653. The van der Waals surface area contributed by atoms with Crippen molar-refractivity contribution in [1.82, 2.24) is 4.98 Å². The van der Waals surface area contributed by atoms with Gasteiger partial charge in [-0.05, 0) is 0 Å². The molecular weight excluding hydrogens is 127 g/mol. The first-order valence-electron chi connectivity index (χ1n) is 1.84. The number of halogens is 1. The second kappa shape index (κ2) is 1.88. The second-order valence-corrected chi connectivity index (χ2v) is 2.06. The molecule has 2 nitrogen and oxygen atoms in total. The molecule has 0 atom stereocenters. The summed E-state index contributed by atoms with van der Waals surface area (Å²) in [7, 11) is 0. The third-order valence-electron chi connectivity index (χ3n) is 0.573. The minimum absolute atomic E-state index is 0.169. The fraction of sp³-hybridized carbons (Fsp3) is 0. The molecule has 0 radical (unpaired) electrons. The van der Waals surface area contributed by atoms with E-state index in [4.69, 9.17) is 5.26 Å². The SMILES string of the molecule is N#Cc1ncc(F)s1. The van der Waals surface area contributed by atoms with E-state index < -0.39 is 5.13 Å². The molecule has 0 aliphatic carbocycles. The van der Waals surface area contributed by atoms with Crippen molar-refractivity contribution in [3.8, 4) is 6.07 Å². The van der Waals surface area contributed by atoms with Crippen LogP contribution in [-0.2, 0) is 0 Å². The summed E-state index contributed by atoms with van der Waals surface area (Å²) in [6.07, 6.45) is 1.03. The largest absolute Gasteiger partial charge is 0.231 e. The lowest BCUT2D eigenvalue weighted by atomic mass is 10.8. The molecule has 1 aromatic heterocycles. The lowest BCUT2D eigenvalue weighted by Crippen LogP contribution is -1.61. The molecule has 0 unspecified atom stereocenters. The van der Waals surface area contributed by atoms with Crippen LogP contribution in [0, 0.1) is 16.5 Å². The highest BCUT2D eigenvalue weighted by atomic mass is 32.1. The normalized spacial score (nSPS) is 8.50. The molecule has 8 heavy (non-hydrogen) atoms. The number of rotatable bonds is 0. The molecule has 0 spiro atoms. The van der Waals surface area contributed by atoms with Gasteiger partial charge in [-0.1, -0.05) is 11.3 Å². The van der Waals surface area contributed by atoms with Gasteiger partial charge < -0.3 is 0 Å². The van der Waals surface area contributed by atoms with E-state index in [2.05, 4.69) is 4.98 Å². The van der Waals surface area contributed by atoms with E-state index in [1.807, 2.05) is 0 Å². The zero-order valence-corrected chi connectivity index (χ0v) is 4.57. The third-order valence-corrected chi connectivity index (χ3v) is 1.26. The maximum absolute atomic E-state index is 11.9. The Balaban J connectivity index is 3.05. The predicted octanol–water partition coefficient (Wildman–Crippen LogP) is 1.15. The van der Waals surface area contributed by atoms with Crippen molar-refractivity contribution < 1.29 is 4.39 Å². The average Bonchev–Trinajstić information content (AvgIpc) is 2.14. The van der Waals surface area contributed by atoms with Crippen molar-refractivity contribution in [2.45, 2.75) is 0 Å². The molecule has 1 rings (SSSR count). The van der Waals surface area contributed by atoms with E-state index >= 15 is 0 Å². The third kappa shape index (κ3) is 0.820. The molecule has 40 valence electrons. The minimum atomic E-state index is -0.415. The first kappa shape index (κ1) is 5.19. The van der Waals surface area contributed by atoms with Gasteiger partial charge in [-0.2, -0.15) is 9.65 Å². The topological polar surface area (TPSA) is 36.7 Å². The summed E-state index contributed by atoms with van der Waals surface area (Å²) in [4.78, 5) is 3.42. The molecular formula is C4HFN2S. The molecule has 0 N–H and O–H groups in total. The summed E-state index contributed by atoms with van der Waals surface area (Å²) >= 11 is 0.749. The molecule has 0 aromatic carbocycles. The Bertz CT molecular complexity index is 224. The van der Waals surface area contributed by atoms with Crippen LogP contribution >= 0.6 is 11.3 Å². The molecule has 4 heteroatoms. The summed E-state index contributed by atoms with van der Waals surface area (Å²) in [5.41, 5.74) is 0. The summed E-state index contributed by atoms with van der Waals surface area (Å²) in [5, 5.41) is 7.84. The quantitative estimate of drug-likeness (QED) is 0.525. The van der Waals surface area contributed by atoms with Gasteiger partial charge in [-0.3, -0.25) is 0 Å². The molecule has 0 saturated carbocycles. The maximum atomic E-state index is 11.9. The predicted molar refractivity (Wildman–Crippen MR) is 26.8 cm³/mol. The molecule has 0 fully saturated rings. The van der Waals surface area contributed by atoms with Crippen LogP contribution in [0.25, 0.3) is 0 Å². The van der Waals surface area contributed by atoms with E-state index in [-0.39, 0.29) is 5.01 Å². The van der Waals surface area contributed by atoms with Crippen LogP contribution in [0.5, 0.6) is 0 Å². The number of nitriles is 1. The van der Waals surface area contributed by atoms with E-state index in [0.717, 1.165) is 17.5 Å². The van der Waals surface area contributed by atoms with Gasteiger partial charge in [0.2, 0.25) is 0 Å². The Morgan fingerprint density at radius 3 is 2.88 bits per heavy atom. The Labute approximate surface area is 49.2 Å². The van der Waals surface area contributed by atoms with Gasteiger partial charge in [0.05, 0.1) is 6.20 Å². The van der Waals surface area contributed by atoms with Gasteiger partial charge in [-0.25, -0.2) is 4.98 Å². The van der Waals surface area contributed by atoms with Gasteiger partial charge in [0.15, 0.2) is 10.1 Å². The van der Waals surface area contributed by atoms with Crippen LogP contribution in [0.3, 0.4) is 0 Å². The molecule has 1 heterocycles. The smallest absolute Gasteiger partial charge is 0.197 e. The minimum Gasteiger partial charge on any atom is -0.231 e. The van der Waals surface area contributed by atoms with Gasteiger partial charge >= 0.3 is 0 Å². The van der Waals surface area contributed by atoms with Crippen LogP contribution in [0.2, 0.25) is 0 Å². The highest BCUT2D eigenvalue weighted by molar-refractivity contribution is 7.10. The van der Waals surface area contributed by atoms with Gasteiger partial charge in [0.25, 0.3) is 0 Å². The van der Waals surface area contributed by atoms with Crippen molar-refractivity contribution in [3.05, 3.63) is 16.3 Å². The summed E-state index contributed by atoms with van der Waals surface area (Å²) < 4.78 is 11.9. The number of thiazole rings is 1. The van der Waals surface area contributed by atoms with Crippen LogP contribution in [0.15, 0.2) is 6.20 Å². The van der Waals surface area contributed by atoms with E-state index in [9.17, 15) is 4.39 Å². The summed E-state index contributed by atoms with van der Waals surface area (Å²) in [6.45, 7) is 0. The van der Waals surface area contributed by atoms with Gasteiger partial charge in [0, 0.05) is 0 Å². The number of nitrogens with zero attached hydrogens (tertiary/aromatic N) is 2. The van der Waals surface area contributed by atoms with Crippen LogP contribution < -0.4 is 0 Å². The zero-order chi connectivity index (χ0) is 5.98. The van der Waals surface area contributed by atoms with Crippen LogP contribution in [-0.4, -0.2) is 4.98 Å². The number of aromatic nitrogens is 1. The molecule has 0 saturated heterocycles. The fourth-order valence-corrected chi connectivity index (χ4v) is 0.747. The highest BCUT2D eigenvalue weighted by Gasteiger charge is 1.95. The van der Waals surface area contributed by atoms with Crippen molar-refractivity contribution >= 4 is 11.3 Å². The standard InChI is InChI=1S/C4HFN2S/c5-3-2-7-4(1-6)8-3/h2H. The average molecular weight is 128 g/mol. The van der Waals surface area contributed by atoms with Gasteiger partial charge in [0.1, 0.15) is 6.07 Å². The maximum Gasteiger partial charge on any atom is 0.197 e. The lowest BCUT2D eigenvalue weighted by Gasteiger charge is -1.63. The van der Waals surface area contributed by atoms with E-state index in [1.165, 1.54) is 0 Å². The molecule has 1 aromatic rings. The number of hydrogen-bond donors (Lipinski definition) is 0. The van der Waals surface area contributed by atoms with Crippen LogP contribution in [0.1, 0.15) is 5.01 Å². The van der Waals surface area contributed by atoms with Crippen LogP contribution in [0.4, 0.5) is 4.39 Å². The Morgan fingerprint density at radius 1 is 1.88 bits per heavy atom. The van der Waals surface area contributed by atoms with Crippen molar-refractivity contribution in [3.63, 3.8) is 0 Å². The molecule has 0 aliphatic heterocycles. The highest BCUT2D eigenvalue weighted by Crippen LogP contribution is 2.07. The first-order chi connectivity index (χ1) is 3.83. The van der Waals surface area contributed by atoms with E-state index in [1.54, 1.807) is 6.07 Å². The van der Waals surface area contributed by atoms with Crippen molar-refractivity contribution in [2.75, 3.05) is 0 Å². The number of hydrogen-bond acceptors (Lipinski definition) is 3. The Morgan fingerprint density at radius 2 is 2.62 bits per heavy atom. The first-order valence-corrected chi connectivity index (χ1v) is 2.66. The van der Waals surface area contributed by atoms with Crippen molar-refractivity contribution in [2.24, 2.45) is 0 Å².